The Morgan fingerprint density at radius 1 is 1.17 bits per heavy atom. The number of thiazole rings is 1. The summed E-state index contributed by atoms with van der Waals surface area (Å²) in [5.41, 5.74) is 9.05. The van der Waals surface area contributed by atoms with Gasteiger partial charge in [0.2, 0.25) is 0 Å². The van der Waals surface area contributed by atoms with Crippen LogP contribution in [0.15, 0.2) is 36.7 Å². The summed E-state index contributed by atoms with van der Waals surface area (Å²) in [5, 5.41) is 9.43. The number of hydrogen-bond acceptors (Lipinski definition) is 5. The van der Waals surface area contributed by atoms with Gasteiger partial charge >= 0.3 is 0 Å². The van der Waals surface area contributed by atoms with Gasteiger partial charge in [-0.15, -0.1) is 0 Å². The van der Waals surface area contributed by atoms with E-state index in [0.717, 1.165) is 21.3 Å². The van der Waals surface area contributed by atoms with E-state index in [2.05, 4.69) is 16.0 Å². The minimum Gasteiger partial charge on any atom is -0.375 e. The second-order valence-electron chi connectivity index (χ2n) is 3.81. The molecule has 2 heterocycles. The Kier molecular flexibility index (Phi) is 2.43. The van der Waals surface area contributed by atoms with Gasteiger partial charge in [-0.05, 0) is 23.8 Å². The number of benzene rings is 1. The Bertz CT molecular complexity index is 770. The molecule has 5 heteroatoms. The predicted molar refractivity (Wildman–Crippen MR) is 72.0 cm³/mol. The minimum atomic E-state index is 0.552. The smallest absolute Gasteiger partial charge is 0.181 e. The van der Waals surface area contributed by atoms with Crippen LogP contribution in [0.1, 0.15) is 5.56 Å². The summed E-state index contributed by atoms with van der Waals surface area (Å²) in [6.07, 6.45) is 3.29. The third-order valence-electron chi connectivity index (χ3n) is 2.61. The molecule has 3 rings (SSSR count). The SMILES string of the molecule is N#Cc1cncc(-c2ccc3nc(N)sc3c2)c1. The first-order chi connectivity index (χ1) is 8.76. The summed E-state index contributed by atoms with van der Waals surface area (Å²) in [7, 11) is 0. The number of nitrogens with two attached hydrogens (primary N) is 1. The van der Waals surface area contributed by atoms with Gasteiger partial charge in [0.15, 0.2) is 5.13 Å². The first kappa shape index (κ1) is 10.7. The number of fused-ring (bicyclic) bond motifs is 1. The van der Waals surface area contributed by atoms with Crippen LogP contribution < -0.4 is 5.73 Å². The molecule has 0 atom stereocenters. The Morgan fingerprint density at radius 2 is 2.06 bits per heavy atom. The summed E-state index contributed by atoms with van der Waals surface area (Å²) in [4.78, 5) is 8.27. The lowest BCUT2D eigenvalue weighted by Gasteiger charge is -2.01. The zero-order valence-corrected chi connectivity index (χ0v) is 10.1. The molecular weight excluding hydrogens is 244 g/mol. The van der Waals surface area contributed by atoms with Crippen LogP contribution in [0.4, 0.5) is 5.13 Å². The molecule has 0 aliphatic rings. The van der Waals surface area contributed by atoms with Gasteiger partial charge in [-0.1, -0.05) is 17.4 Å². The maximum atomic E-state index is 8.87. The molecule has 0 spiro atoms. The largest absolute Gasteiger partial charge is 0.375 e. The number of pyridine rings is 1. The van der Waals surface area contributed by atoms with Crippen LogP contribution in [0.3, 0.4) is 0 Å². The van der Waals surface area contributed by atoms with Crippen molar-refractivity contribution in [2.75, 3.05) is 5.73 Å². The number of nitriles is 1. The van der Waals surface area contributed by atoms with Crippen LogP contribution in [-0.2, 0) is 0 Å². The molecule has 0 fully saturated rings. The number of rotatable bonds is 1. The summed E-state index contributed by atoms with van der Waals surface area (Å²) in [6, 6.07) is 9.80. The van der Waals surface area contributed by atoms with E-state index < -0.39 is 0 Å². The number of aromatic nitrogens is 2. The van der Waals surface area contributed by atoms with Crippen molar-refractivity contribution in [1.82, 2.24) is 9.97 Å². The monoisotopic (exact) mass is 252 g/mol. The van der Waals surface area contributed by atoms with Crippen molar-refractivity contribution in [2.24, 2.45) is 0 Å². The molecule has 0 saturated heterocycles. The molecule has 1 aromatic carbocycles. The molecule has 3 aromatic rings. The fourth-order valence-electron chi connectivity index (χ4n) is 1.78. The van der Waals surface area contributed by atoms with E-state index in [4.69, 9.17) is 11.0 Å². The lowest BCUT2D eigenvalue weighted by Crippen LogP contribution is -1.83. The van der Waals surface area contributed by atoms with Crippen LogP contribution in [0.25, 0.3) is 21.3 Å². The van der Waals surface area contributed by atoms with Gasteiger partial charge in [0, 0.05) is 18.0 Å². The number of anilines is 1. The van der Waals surface area contributed by atoms with Gasteiger partial charge in [0.05, 0.1) is 15.8 Å². The van der Waals surface area contributed by atoms with Crippen molar-refractivity contribution in [3.63, 3.8) is 0 Å². The van der Waals surface area contributed by atoms with E-state index in [0.29, 0.717) is 10.7 Å². The fourth-order valence-corrected chi connectivity index (χ4v) is 2.55. The molecule has 0 radical (unpaired) electrons. The second-order valence-corrected chi connectivity index (χ2v) is 4.87. The molecule has 4 nitrogen and oxygen atoms in total. The molecule has 18 heavy (non-hydrogen) atoms. The van der Waals surface area contributed by atoms with Gasteiger partial charge in [-0.25, -0.2) is 4.98 Å². The Morgan fingerprint density at radius 3 is 2.89 bits per heavy atom. The Labute approximate surface area is 107 Å². The molecule has 0 saturated carbocycles. The molecule has 86 valence electrons. The average Bonchev–Trinajstić information content (AvgIpc) is 2.77. The van der Waals surface area contributed by atoms with Gasteiger partial charge in [-0.3, -0.25) is 4.98 Å². The van der Waals surface area contributed by atoms with Crippen molar-refractivity contribution in [3.05, 3.63) is 42.2 Å². The molecule has 0 amide bonds. The number of nitrogens with zero attached hydrogens (tertiary/aromatic N) is 3. The molecule has 0 bridgehead atoms. The Balaban J connectivity index is 2.16. The summed E-state index contributed by atoms with van der Waals surface area (Å²) in [6.45, 7) is 0. The summed E-state index contributed by atoms with van der Waals surface area (Å²) >= 11 is 1.45. The normalized spacial score (nSPS) is 10.4. The van der Waals surface area contributed by atoms with E-state index >= 15 is 0 Å². The second kappa shape index (κ2) is 4.09. The van der Waals surface area contributed by atoms with Gasteiger partial charge in [-0.2, -0.15) is 5.26 Å². The van der Waals surface area contributed by atoms with Crippen LogP contribution in [-0.4, -0.2) is 9.97 Å². The zero-order valence-electron chi connectivity index (χ0n) is 9.29. The third kappa shape index (κ3) is 1.79. The average molecular weight is 252 g/mol. The Hall–Kier alpha value is -2.45. The van der Waals surface area contributed by atoms with E-state index in [-0.39, 0.29) is 0 Å². The molecule has 2 aromatic heterocycles. The molecule has 0 aliphatic heterocycles. The van der Waals surface area contributed by atoms with Crippen LogP contribution in [0.5, 0.6) is 0 Å². The van der Waals surface area contributed by atoms with Crippen molar-refractivity contribution in [3.8, 4) is 17.2 Å². The van der Waals surface area contributed by atoms with E-state index in [1.165, 1.54) is 11.3 Å². The highest BCUT2D eigenvalue weighted by Crippen LogP contribution is 2.29. The van der Waals surface area contributed by atoms with Gasteiger partial charge in [0.25, 0.3) is 0 Å². The van der Waals surface area contributed by atoms with Gasteiger partial charge < -0.3 is 5.73 Å². The molecule has 0 aliphatic carbocycles. The highest BCUT2D eigenvalue weighted by molar-refractivity contribution is 7.22. The number of hydrogen-bond donors (Lipinski definition) is 1. The minimum absolute atomic E-state index is 0.552. The topological polar surface area (TPSA) is 75.6 Å². The van der Waals surface area contributed by atoms with Gasteiger partial charge in [0.1, 0.15) is 6.07 Å². The molecule has 0 unspecified atom stereocenters. The standard InChI is InChI=1S/C13H8N4S/c14-5-8-3-10(7-16-6-8)9-1-2-11-12(4-9)18-13(15)17-11/h1-4,6-7H,(H2,15,17). The summed E-state index contributed by atoms with van der Waals surface area (Å²) < 4.78 is 1.03. The van der Waals surface area contributed by atoms with Crippen LogP contribution in [0, 0.1) is 11.3 Å². The van der Waals surface area contributed by atoms with Crippen molar-refractivity contribution in [2.45, 2.75) is 0 Å². The lowest BCUT2D eigenvalue weighted by molar-refractivity contribution is 1.30. The van der Waals surface area contributed by atoms with E-state index in [1.54, 1.807) is 12.4 Å². The molecular formula is C13H8N4S. The van der Waals surface area contributed by atoms with Crippen molar-refractivity contribution >= 4 is 26.7 Å². The zero-order chi connectivity index (χ0) is 12.5. The van der Waals surface area contributed by atoms with Crippen LogP contribution in [0.2, 0.25) is 0 Å². The maximum Gasteiger partial charge on any atom is 0.181 e. The first-order valence-corrected chi connectivity index (χ1v) is 6.09. The van der Waals surface area contributed by atoms with E-state index in [1.807, 2.05) is 24.3 Å². The van der Waals surface area contributed by atoms with E-state index in [9.17, 15) is 0 Å². The number of nitrogen functional groups attached to an aromatic ring is 1. The van der Waals surface area contributed by atoms with Crippen molar-refractivity contribution in [1.29, 1.82) is 5.26 Å². The highest BCUT2D eigenvalue weighted by atomic mass is 32.1. The predicted octanol–water partition coefficient (Wildman–Crippen LogP) is 2.81. The van der Waals surface area contributed by atoms with Crippen molar-refractivity contribution < 1.29 is 0 Å². The lowest BCUT2D eigenvalue weighted by atomic mass is 10.1. The first-order valence-electron chi connectivity index (χ1n) is 5.28. The summed E-state index contributed by atoms with van der Waals surface area (Å²) in [5.74, 6) is 0. The third-order valence-corrected chi connectivity index (χ3v) is 3.45. The fraction of sp³-hybridized carbons (Fsp3) is 0. The van der Waals surface area contributed by atoms with Crippen LogP contribution >= 0.6 is 11.3 Å². The quantitative estimate of drug-likeness (QED) is 0.722. The maximum absolute atomic E-state index is 8.87. The molecule has 2 N–H and O–H groups in total. The highest BCUT2D eigenvalue weighted by Gasteiger charge is 2.04.